The molecule has 0 spiro atoms. The summed E-state index contributed by atoms with van der Waals surface area (Å²) in [5.74, 6) is -0.0611. The van der Waals surface area contributed by atoms with Crippen LogP contribution in [0.2, 0.25) is 0 Å². The lowest BCUT2D eigenvalue weighted by molar-refractivity contribution is -0.152. The second-order valence-corrected chi connectivity index (χ2v) is 13.2. The molecule has 0 N–H and O–H groups in total. The Hall–Kier alpha value is -2.12. The molecule has 12 heteroatoms. The molecule has 0 radical (unpaired) electrons. The van der Waals surface area contributed by atoms with Crippen LogP contribution in [0.4, 0.5) is 0 Å². The summed E-state index contributed by atoms with van der Waals surface area (Å²) in [6, 6.07) is 2.77. The fourth-order valence-electron chi connectivity index (χ4n) is 5.82. The van der Waals surface area contributed by atoms with Crippen molar-refractivity contribution >= 4 is 32.1 Å². The monoisotopic (exact) mass is 640 g/mol. The van der Waals surface area contributed by atoms with Gasteiger partial charge in [-0.25, -0.2) is 4.67 Å². The molecule has 0 bridgehead atoms. The van der Waals surface area contributed by atoms with Gasteiger partial charge in [0.25, 0.3) is 8.53 Å². The molecule has 5 atom stereocenters. The number of hydrogen-bond donors (Lipinski definition) is 0. The summed E-state index contributed by atoms with van der Waals surface area (Å²) >= 11 is 0. The first-order valence-electron chi connectivity index (χ1n) is 16.4. The lowest BCUT2D eigenvalue weighted by Gasteiger charge is -2.38. The molecule has 11 nitrogen and oxygen atoms in total. The Balaban J connectivity index is 0.000000457. The summed E-state index contributed by atoms with van der Waals surface area (Å²) < 4.78 is 20.1. The number of rotatable bonds is 16. The van der Waals surface area contributed by atoms with Crippen LogP contribution in [0, 0.1) is 11.3 Å². The lowest BCUT2D eigenvalue weighted by Crippen LogP contribution is -2.40. The molecule has 252 valence electrons. The van der Waals surface area contributed by atoms with E-state index in [0.717, 1.165) is 25.8 Å². The van der Waals surface area contributed by atoms with Gasteiger partial charge in [0.1, 0.15) is 11.9 Å². The normalized spacial score (nSPS) is 22.2. The molecule has 2 aliphatic heterocycles. The number of likely N-dealkylation sites (tertiary alicyclic amines) is 2. The van der Waals surface area contributed by atoms with E-state index in [-0.39, 0.29) is 72.8 Å². The van der Waals surface area contributed by atoms with Crippen LogP contribution in [0.15, 0.2) is 0 Å². The number of esters is 1. The quantitative estimate of drug-likeness (QED) is 0.118. The summed E-state index contributed by atoms with van der Waals surface area (Å²) in [6.45, 7) is 19.6. The van der Waals surface area contributed by atoms with Gasteiger partial charge in [-0.15, -0.1) is 0 Å². The number of ether oxygens (including phenoxy) is 1. The van der Waals surface area contributed by atoms with Crippen LogP contribution < -0.4 is 0 Å². The molecule has 0 aromatic heterocycles. The van der Waals surface area contributed by atoms with E-state index in [9.17, 15) is 19.2 Å². The number of hydrogen-bond acceptors (Lipinski definition) is 9. The van der Waals surface area contributed by atoms with Gasteiger partial charge < -0.3 is 28.4 Å². The average molecular weight is 641 g/mol. The predicted molar refractivity (Wildman–Crippen MR) is 171 cm³/mol. The van der Waals surface area contributed by atoms with Gasteiger partial charge >= 0.3 is 5.97 Å². The standard InChI is InChI=1S/C18H34N3O3P.C14H23NO4/c1-7-16-17(10-12-20(16)18(22)8-2)24-25(23-13-9-11-19)21(14(3)4)15(5)6;1-4-11-12(8-9-15(11)13(17)5-2)19-14(18)7-6-10(3)16/h14-17H,7-10,12-13H2,1-6H3;11-12H,4-9H2,1-3H3/t16-,17+,25?;11-,12+/m00/s1. The number of Topliss-reactive ketones (excluding diaryl/α,β-unsaturated/α-hetero) is 1. The second kappa shape index (κ2) is 20.8. The van der Waals surface area contributed by atoms with Crippen molar-refractivity contribution in [2.24, 2.45) is 0 Å². The first-order chi connectivity index (χ1) is 20.9. The van der Waals surface area contributed by atoms with Crippen LogP contribution in [0.25, 0.3) is 0 Å². The highest BCUT2D eigenvalue weighted by Gasteiger charge is 2.40. The summed E-state index contributed by atoms with van der Waals surface area (Å²) in [7, 11) is -1.26. The first kappa shape index (κ1) is 39.9. The molecule has 2 aliphatic rings. The Bertz CT molecular complexity index is 949. The molecule has 2 saturated heterocycles. The van der Waals surface area contributed by atoms with Crippen molar-refractivity contribution in [3.05, 3.63) is 0 Å². The molecule has 0 saturated carbocycles. The van der Waals surface area contributed by atoms with Crippen molar-refractivity contribution in [2.45, 2.75) is 156 Å². The minimum absolute atomic E-state index is 0.00584. The van der Waals surface area contributed by atoms with Gasteiger partial charge in [0.2, 0.25) is 11.8 Å². The highest BCUT2D eigenvalue weighted by Crippen LogP contribution is 2.49. The number of carbonyl (C=O) groups excluding carboxylic acids is 4. The summed E-state index contributed by atoms with van der Waals surface area (Å²) in [6.07, 6.45) is 4.66. The van der Waals surface area contributed by atoms with E-state index in [1.807, 2.05) is 30.6 Å². The highest BCUT2D eigenvalue weighted by atomic mass is 31.2. The number of nitrogens with zero attached hydrogens (tertiary/aromatic N) is 4. The largest absolute Gasteiger partial charge is 0.460 e. The molecule has 0 aromatic carbocycles. The minimum Gasteiger partial charge on any atom is -0.460 e. The van der Waals surface area contributed by atoms with Crippen molar-refractivity contribution in [3.63, 3.8) is 0 Å². The Morgan fingerprint density at radius 1 is 0.864 bits per heavy atom. The Labute approximate surface area is 266 Å². The van der Waals surface area contributed by atoms with Gasteiger partial charge in [0.15, 0.2) is 0 Å². The third kappa shape index (κ3) is 12.3. The van der Waals surface area contributed by atoms with Gasteiger partial charge in [0.05, 0.1) is 43.7 Å². The topological polar surface area (TPSA) is 129 Å². The number of ketones is 1. The molecule has 0 aliphatic carbocycles. The minimum atomic E-state index is -1.26. The summed E-state index contributed by atoms with van der Waals surface area (Å²) in [5.41, 5.74) is 0. The van der Waals surface area contributed by atoms with E-state index < -0.39 is 8.53 Å². The molecule has 2 rings (SSSR count). The average Bonchev–Trinajstić information content (AvgIpc) is 3.58. The maximum Gasteiger partial charge on any atom is 0.306 e. The lowest BCUT2D eigenvalue weighted by atomic mass is 10.1. The molecule has 2 amide bonds. The molecule has 2 fully saturated rings. The van der Waals surface area contributed by atoms with E-state index in [2.05, 4.69) is 45.4 Å². The fraction of sp³-hybridized carbons (Fsp3) is 0.844. The van der Waals surface area contributed by atoms with E-state index in [1.165, 1.54) is 6.92 Å². The second-order valence-electron chi connectivity index (χ2n) is 11.8. The highest BCUT2D eigenvalue weighted by molar-refractivity contribution is 7.44. The summed E-state index contributed by atoms with van der Waals surface area (Å²) in [5, 5.41) is 8.80. The number of amides is 2. The van der Waals surface area contributed by atoms with Crippen LogP contribution in [0.1, 0.15) is 120 Å². The molecular formula is C32H57N4O7P. The zero-order valence-electron chi connectivity index (χ0n) is 28.5. The predicted octanol–water partition coefficient (Wildman–Crippen LogP) is 5.76. The van der Waals surface area contributed by atoms with Crippen LogP contribution >= 0.6 is 8.53 Å². The molecule has 2 heterocycles. The van der Waals surface area contributed by atoms with Crippen LogP contribution in [-0.2, 0) is 33.0 Å². The molecule has 1 unspecified atom stereocenters. The fourth-order valence-corrected chi connectivity index (χ4v) is 7.60. The van der Waals surface area contributed by atoms with Gasteiger partial charge in [-0.05, 0) is 53.9 Å². The van der Waals surface area contributed by atoms with Crippen molar-refractivity contribution in [1.82, 2.24) is 14.5 Å². The number of carbonyl (C=O) groups is 4. The molecular weight excluding hydrogens is 583 g/mol. The van der Waals surface area contributed by atoms with Crippen LogP contribution in [-0.4, -0.2) is 94.1 Å². The van der Waals surface area contributed by atoms with E-state index in [1.54, 1.807) is 0 Å². The molecule has 0 aromatic rings. The maximum absolute atomic E-state index is 12.2. The Morgan fingerprint density at radius 3 is 1.80 bits per heavy atom. The summed E-state index contributed by atoms with van der Waals surface area (Å²) in [4.78, 5) is 50.2. The third-order valence-corrected chi connectivity index (χ3v) is 10.1. The van der Waals surface area contributed by atoms with Crippen molar-refractivity contribution in [2.75, 3.05) is 19.7 Å². The smallest absolute Gasteiger partial charge is 0.306 e. The first-order valence-corrected chi connectivity index (χ1v) is 17.5. The zero-order chi connectivity index (χ0) is 33.4. The van der Waals surface area contributed by atoms with Crippen molar-refractivity contribution in [3.8, 4) is 6.07 Å². The van der Waals surface area contributed by atoms with Gasteiger partial charge in [-0.3, -0.25) is 14.4 Å². The third-order valence-electron chi connectivity index (χ3n) is 7.90. The van der Waals surface area contributed by atoms with Crippen molar-refractivity contribution in [1.29, 1.82) is 5.26 Å². The Kier molecular flexibility index (Phi) is 18.9. The van der Waals surface area contributed by atoms with Gasteiger partial charge in [-0.2, -0.15) is 5.26 Å². The van der Waals surface area contributed by atoms with Crippen molar-refractivity contribution < 1.29 is 33.0 Å². The van der Waals surface area contributed by atoms with Crippen LogP contribution in [0.3, 0.4) is 0 Å². The van der Waals surface area contributed by atoms with Gasteiger partial charge in [0, 0.05) is 50.9 Å². The van der Waals surface area contributed by atoms with E-state index in [4.69, 9.17) is 19.0 Å². The van der Waals surface area contributed by atoms with Crippen LogP contribution in [0.5, 0.6) is 0 Å². The number of nitriles is 1. The van der Waals surface area contributed by atoms with E-state index in [0.29, 0.717) is 38.8 Å². The SMILES string of the molecule is CCC(=O)N1CC[C@@H](OC(=O)CCC(C)=O)[C@@H]1CC.CCC(=O)N1CC[C@@H](OP(OCCC#N)N(C(C)C)C(C)C)[C@@H]1CC. The Morgan fingerprint density at radius 2 is 1.36 bits per heavy atom. The molecule has 44 heavy (non-hydrogen) atoms. The van der Waals surface area contributed by atoms with Gasteiger partial charge in [-0.1, -0.05) is 27.7 Å². The van der Waals surface area contributed by atoms with E-state index >= 15 is 0 Å². The maximum atomic E-state index is 12.2. The zero-order valence-corrected chi connectivity index (χ0v) is 29.4.